The van der Waals surface area contributed by atoms with E-state index in [9.17, 15) is 8.42 Å². The molecule has 0 aliphatic rings. The summed E-state index contributed by atoms with van der Waals surface area (Å²) in [6, 6.07) is 6.11. The van der Waals surface area contributed by atoms with E-state index in [0.717, 1.165) is 0 Å². The second-order valence-electron chi connectivity index (χ2n) is 3.14. The first-order valence-corrected chi connectivity index (χ1v) is 7.19. The summed E-state index contributed by atoms with van der Waals surface area (Å²) in [7, 11) is -3.44. The lowest BCUT2D eigenvalue weighted by atomic mass is 10.4. The first-order chi connectivity index (χ1) is 7.52. The summed E-state index contributed by atoms with van der Waals surface area (Å²) >= 11 is 11.3. The van der Waals surface area contributed by atoms with Crippen LogP contribution in [0.4, 0.5) is 0 Å². The summed E-state index contributed by atoms with van der Waals surface area (Å²) in [4.78, 5) is 0.240. The van der Waals surface area contributed by atoms with Gasteiger partial charge in [0.25, 0.3) is 0 Å². The SMILES string of the molecule is CCN(CCCl)S(=O)(=O)c1ccc(Cl)cc1. The van der Waals surface area contributed by atoms with Gasteiger partial charge in [-0.3, -0.25) is 0 Å². The van der Waals surface area contributed by atoms with Crippen LogP contribution in [-0.4, -0.2) is 31.7 Å². The molecule has 0 fully saturated rings. The molecule has 0 saturated heterocycles. The molecule has 0 heterocycles. The van der Waals surface area contributed by atoms with Gasteiger partial charge in [0.05, 0.1) is 4.90 Å². The highest BCUT2D eigenvalue weighted by Crippen LogP contribution is 2.18. The van der Waals surface area contributed by atoms with Crippen LogP contribution in [0.3, 0.4) is 0 Å². The van der Waals surface area contributed by atoms with Gasteiger partial charge in [0.15, 0.2) is 0 Å². The van der Waals surface area contributed by atoms with Crippen molar-refractivity contribution >= 4 is 33.2 Å². The maximum absolute atomic E-state index is 12.1. The zero-order valence-electron chi connectivity index (χ0n) is 8.86. The summed E-state index contributed by atoms with van der Waals surface area (Å²) in [5.74, 6) is 0.278. The van der Waals surface area contributed by atoms with E-state index in [0.29, 0.717) is 18.1 Å². The van der Waals surface area contributed by atoms with E-state index in [1.54, 1.807) is 19.1 Å². The maximum atomic E-state index is 12.1. The van der Waals surface area contributed by atoms with Crippen LogP contribution in [0.2, 0.25) is 5.02 Å². The molecule has 1 rings (SSSR count). The number of nitrogens with zero attached hydrogens (tertiary/aromatic N) is 1. The summed E-state index contributed by atoms with van der Waals surface area (Å²) < 4.78 is 25.5. The Balaban J connectivity index is 3.04. The quantitative estimate of drug-likeness (QED) is 0.778. The molecule has 1 aromatic rings. The third kappa shape index (κ3) is 3.10. The van der Waals surface area contributed by atoms with Gasteiger partial charge in [-0.1, -0.05) is 18.5 Å². The second kappa shape index (κ2) is 5.87. The van der Waals surface area contributed by atoms with E-state index in [-0.39, 0.29) is 10.8 Å². The Labute approximate surface area is 106 Å². The van der Waals surface area contributed by atoms with Crippen LogP contribution in [0.1, 0.15) is 6.92 Å². The minimum absolute atomic E-state index is 0.240. The number of benzene rings is 1. The molecule has 0 amide bonds. The molecule has 0 aliphatic heterocycles. The molecule has 0 spiro atoms. The molecule has 0 unspecified atom stereocenters. The van der Waals surface area contributed by atoms with Crippen LogP contribution in [0.15, 0.2) is 29.2 Å². The predicted octanol–water partition coefficient (Wildman–Crippen LogP) is 2.59. The Hall–Kier alpha value is -0.290. The van der Waals surface area contributed by atoms with Crippen molar-refractivity contribution in [3.63, 3.8) is 0 Å². The van der Waals surface area contributed by atoms with Gasteiger partial charge >= 0.3 is 0 Å². The highest BCUT2D eigenvalue weighted by Gasteiger charge is 2.21. The molecule has 1 aromatic carbocycles. The number of rotatable bonds is 5. The molecule has 0 saturated carbocycles. The molecule has 0 atom stereocenters. The fourth-order valence-corrected chi connectivity index (χ4v) is 3.18. The smallest absolute Gasteiger partial charge is 0.207 e. The minimum atomic E-state index is -3.44. The zero-order chi connectivity index (χ0) is 12.2. The summed E-state index contributed by atoms with van der Waals surface area (Å²) in [6.07, 6.45) is 0. The molecule has 90 valence electrons. The third-order valence-electron chi connectivity index (χ3n) is 2.14. The molecule has 16 heavy (non-hydrogen) atoms. The van der Waals surface area contributed by atoms with Crippen molar-refractivity contribution in [3.8, 4) is 0 Å². The van der Waals surface area contributed by atoms with E-state index in [1.807, 2.05) is 0 Å². The van der Waals surface area contributed by atoms with Gasteiger partial charge in [-0.15, -0.1) is 11.6 Å². The van der Waals surface area contributed by atoms with Crippen LogP contribution < -0.4 is 0 Å². The van der Waals surface area contributed by atoms with Crippen LogP contribution in [0.25, 0.3) is 0 Å². The first-order valence-electron chi connectivity index (χ1n) is 4.84. The van der Waals surface area contributed by atoms with E-state index in [4.69, 9.17) is 23.2 Å². The van der Waals surface area contributed by atoms with Crippen molar-refractivity contribution in [2.24, 2.45) is 0 Å². The van der Waals surface area contributed by atoms with Crippen molar-refractivity contribution in [3.05, 3.63) is 29.3 Å². The van der Waals surface area contributed by atoms with Crippen LogP contribution in [-0.2, 0) is 10.0 Å². The van der Waals surface area contributed by atoms with E-state index < -0.39 is 10.0 Å². The minimum Gasteiger partial charge on any atom is -0.207 e. The first kappa shape index (κ1) is 13.8. The molecule has 0 aliphatic carbocycles. The molecule has 6 heteroatoms. The van der Waals surface area contributed by atoms with Gasteiger partial charge in [0.2, 0.25) is 10.0 Å². The van der Waals surface area contributed by atoms with Gasteiger partial charge in [0, 0.05) is 24.0 Å². The lowest BCUT2D eigenvalue weighted by Gasteiger charge is -2.19. The number of alkyl halides is 1. The number of hydrogen-bond acceptors (Lipinski definition) is 2. The molecular formula is C10H13Cl2NO2S. The van der Waals surface area contributed by atoms with Gasteiger partial charge in [-0.05, 0) is 24.3 Å². The third-order valence-corrected chi connectivity index (χ3v) is 4.55. The second-order valence-corrected chi connectivity index (χ2v) is 5.89. The van der Waals surface area contributed by atoms with Crippen molar-refractivity contribution < 1.29 is 8.42 Å². The monoisotopic (exact) mass is 281 g/mol. The van der Waals surface area contributed by atoms with Gasteiger partial charge in [-0.25, -0.2) is 8.42 Å². The number of halogens is 2. The maximum Gasteiger partial charge on any atom is 0.243 e. The summed E-state index contributed by atoms with van der Waals surface area (Å²) in [5.41, 5.74) is 0. The van der Waals surface area contributed by atoms with Crippen molar-refractivity contribution in [2.75, 3.05) is 19.0 Å². The number of sulfonamides is 1. The molecular weight excluding hydrogens is 269 g/mol. The van der Waals surface area contributed by atoms with Crippen LogP contribution >= 0.6 is 23.2 Å². The highest BCUT2D eigenvalue weighted by atomic mass is 35.5. The Kier molecular flexibility index (Phi) is 5.05. The molecule has 0 radical (unpaired) electrons. The molecule has 0 N–H and O–H groups in total. The molecule has 3 nitrogen and oxygen atoms in total. The average molecular weight is 282 g/mol. The van der Waals surface area contributed by atoms with Gasteiger partial charge in [-0.2, -0.15) is 4.31 Å². The Bertz CT molecular complexity index is 431. The fourth-order valence-electron chi connectivity index (χ4n) is 1.30. The fraction of sp³-hybridized carbons (Fsp3) is 0.400. The van der Waals surface area contributed by atoms with Crippen LogP contribution in [0, 0.1) is 0 Å². The largest absolute Gasteiger partial charge is 0.243 e. The topological polar surface area (TPSA) is 37.4 Å². The molecule has 0 aromatic heterocycles. The van der Waals surface area contributed by atoms with Crippen molar-refractivity contribution in [2.45, 2.75) is 11.8 Å². The van der Waals surface area contributed by atoms with Crippen LogP contribution in [0.5, 0.6) is 0 Å². The summed E-state index contributed by atoms with van der Waals surface area (Å²) in [6.45, 7) is 2.49. The Morgan fingerprint density at radius 1 is 1.25 bits per heavy atom. The van der Waals surface area contributed by atoms with E-state index in [1.165, 1.54) is 16.4 Å². The van der Waals surface area contributed by atoms with Gasteiger partial charge < -0.3 is 0 Å². The van der Waals surface area contributed by atoms with Crippen molar-refractivity contribution in [1.29, 1.82) is 0 Å². The zero-order valence-corrected chi connectivity index (χ0v) is 11.2. The van der Waals surface area contributed by atoms with E-state index >= 15 is 0 Å². The average Bonchev–Trinajstić information content (AvgIpc) is 2.26. The highest BCUT2D eigenvalue weighted by molar-refractivity contribution is 7.89. The van der Waals surface area contributed by atoms with Crippen molar-refractivity contribution in [1.82, 2.24) is 4.31 Å². The standard InChI is InChI=1S/C10H13Cl2NO2S/c1-2-13(8-7-11)16(14,15)10-5-3-9(12)4-6-10/h3-6H,2,7-8H2,1H3. The number of hydrogen-bond donors (Lipinski definition) is 0. The van der Waals surface area contributed by atoms with Gasteiger partial charge in [0.1, 0.15) is 0 Å². The lowest BCUT2D eigenvalue weighted by Crippen LogP contribution is -2.32. The molecule has 0 bridgehead atoms. The van der Waals surface area contributed by atoms with E-state index in [2.05, 4.69) is 0 Å². The Morgan fingerprint density at radius 2 is 1.81 bits per heavy atom. The lowest BCUT2D eigenvalue weighted by molar-refractivity contribution is 0.447. The Morgan fingerprint density at radius 3 is 2.25 bits per heavy atom. The normalized spacial score (nSPS) is 12.0. The predicted molar refractivity (Wildman–Crippen MR) is 66.6 cm³/mol. The summed E-state index contributed by atoms with van der Waals surface area (Å²) in [5, 5.41) is 0.513.